The zero-order chi connectivity index (χ0) is 24.0. The van der Waals surface area contributed by atoms with Crippen molar-refractivity contribution >= 4 is 5.91 Å². The summed E-state index contributed by atoms with van der Waals surface area (Å²) in [4.78, 5) is 18.9. The SMILES string of the molecule is C=CC(F)(F)c1cnc2c(c1)CN(C(=O)CCC1CCC(NCCCc3ccccc3)C1)CC2. The molecule has 182 valence electrons. The normalized spacial score (nSPS) is 20.2. The first-order chi connectivity index (χ1) is 16.4. The maximum Gasteiger partial charge on any atom is 0.292 e. The molecule has 4 nitrogen and oxygen atoms in total. The van der Waals surface area contributed by atoms with Crippen molar-refractivity contribution in [2.75, 3.05) is 13.1 Å². The van der Waals surface area contributed by atoms with Gasteiger partial charge in [0.1, 0.15) is 0 Å². The van der Waals surface area contributed by atoms with Crippen molar-refractivity contribution in [3.8, 4) is 0 Å². The van der Waals surface area contributed by atoms with E-state index in [-0.39, 0.29) is 11.5 Å². The van der Waals surface area contributed by atoms with Crippen LogP contribution in [-0.4, -0.2) is 34.9 Å². The van der Waals surface area contributed by atoms with Gasteiger partial charge in [0.15, 0.2) is 0 Å². The van der Waals surface area contributed by atoms with Crippen molar-refractivity contribution in [1.82, 2.24) is 15.2 Å². The number of pyridine rings is 1. The number of fused-ring (bicyclic) bond motifs is 1. The second kappa shape index (κ2) is 11.2. The fraction of sp³-hybridized carbons (Fsp3) is 0.500. The number of halogens is 2. The predicted molar refractivity (Wildman–Crippen MR) is 131 cm³/mol. The van der Waals surface area contributed by atoms with Crippen LogP contribution in [0.3, 0.4) is 0 Å². The standard InChI is InChI=1S/C28H35F2N3O/c1-2-28(29,30)24-18-23-20-33(16-14-26(23)32-19-24)27(34)13-11-22-10-12-25(17-22)31-15-6-9-21-7-4-3-5-8-21/h2-5,7-8,18-19,22,25,31H,1,6,9-17,20H2. The molecule has 4 rings (SSSR count). The first kappa shape index (κ1) is 24.5. The highest BCUT2D eigenvalue weighted by Crippen LogP contribution is 2.32. The number of aromatic nitrogens is 1. The average molecular weight is 468 g/mol. The number of nitrogens with one attached hydrogen (secondary N) is 1. The molecule has 1 N–H and O–H groups in total. The van der Waals surface area contributed by atoms with Crippen molar-refractivity contribution in [1.29, 1.82) is 0 Å². The second-order valence-corrected chi connectivity index (χ2v) is 9.68. The van der Waals surface area contributed by atoms with Gasteiger partial charge in [0.25, 0.3) is 5.92 Å². The number of rotatable bonds is 10. The monoisotopic (exact) mass is 467 g/mol. The minimum atomic E-state index is -3.11. The Kier molecular flexibility index (Phi) is 8.09. The molecule has 2 heterocycles. The maximum absolute atomic E-state index is 14.0. The molecule has 0 spiro atoms. The van der Waals surface area contributed by atoms with Crippen LogP contribution in [0.5, 0.6) is 0 Å². The second-order valence-electron chi connectivity index (χ2n) is 9.68. The quantitative estimate of drug-likeness (QED) is 0.375. The van der Waals surface area contributed by atoms with Crippen LogP contribution in [0.25, 0.3) is 0 Å². The maximum atomic E-state index is 14.0. The van der Waals surface area contributed by atoms with Crippen LogP contribution in [0.2, 0.25) is 0 Å². The Hall–Kier alpha value is -2.60. The Labute approximate surface area is 201 Å². The summed E-state index contributed by atoms with van der Waals surface area (Å²) < 4.78 is 27.9. The molecule has 6 heteroatoms. The van der Waals surface area contributed by atoms with Gasteiger partial charge in [-0.05, 0) is 74.3 Å². The molecule has 2 aliphatic rings. The van der Waals surface area contributed by atoms with Gasteiger partial charge in [0, 0.05) is 49.4 Å². The molecule has 1 aliphatic heterocycles. The van der Waals surface area contributed by atoms with Crippen LogP contribution in [0.15, 0.2) is 55.3 Å². The largest absolute Gasteiger partial charge is 0.338 e. The van der Waals surface area contributed by atoms with Gasteiger partial charge in [-0.15, -0.1) is 0 Å². The smallest absolute Gasteiger partial charge is 0.292 e. The molecule has 1 aliphatic carbocycles. The number of carbonyl (C=O) groups excluding carboxylic acids is 1. The number of nitrogens with zero attached hydrogens (tertiary/aromatic N) is 2. The van der Waals surface area contributed by atoms with E-state index in [9.17, 15) is 13.6 Å². The van der Waals surface area contributed by atoms with Crippen molar-refractivity contribution in [3.05, 3.63) is 77.6 Å². The fourth-order valence-electron chi connectivity index (χ4n) is 5.19. The van der Waals surface area contributed by atoms with Gasteiger partial charge in [-0.25, -0.2) is 0 Å². The van der Waals surface area contributed by atoms with Gasteiger partial charge in [0.2, 0.25) is 5.91 Å². The van der Waals surface area contributed by atoms with Gasteiger partial charge in [-0.2, -0.15) is 8.78 Å². The summed E-state index contributed by atoms with van der Waals surface area (Å²) in [6, 6.07) is 12.6. The van der Waals surface area contributed by atoms with E-state index in [1.54, 1.807) is 4.90 Å². The third kappa shape index (κ3) is 6.29. The third-order valence-corrected chi connectivity index (χ3v) is 7.26. The van der Waals surface area contributed by atoms with E-state index in [0.717, 1.165) is 49.9 Å². The van der Waals surface area contributed by atoms with E-state index < -0.39 is 5.92 Å². The summed E-state index contributed by atoms with van der Waals surface area (Å²) >= 11 is 0. The lowest BCUT2D eigenvalue weighted by Crippen LogP contribution is -2.36. The molecular weight excluding hydrogens is 432 g/mol. The molecule has 0 radical (unpaired) electrons. The van der Waals surface area contributed by atoms with Crippen molar-refractivity contribution < 1.29 is 13.6 Å². The van der Waals surface area contributed by atoms with Gasteiger partial charge < -0.3 is 10.2 Å². The summed E-state index contributed by atoms with van der Waals surface area (Å²) in [5.41, 5.74) is 2.75. The molecule has 1 aromatic heterocycles. The van der Waals surface area contributed by atoms with E-state index in [1.807, 2.05) is 6.07 Å². The lowest BCUT2D eigenvalue weighted by atomic mass is 9.98. The summed E-state index contributed by atoms with van der Waals surface area (Å²) in [5.74, 6) is -2.42. The van der Waals surface area contributed by atoms with Crippen molar-refractivity contribution in [2.24, 2.45) is 5.92 Å². The molecule has 1 amide bonds. The molecule has 0 bridgehead atoms. The summed E-state index contributed by atoms with van der Waals surface area (Å²) in [6.45, 7) is 5.21. The van der Waals surface area contributed by atoms with Crippen LogP contribution >= 0.6 is 0 Å². The first-order valence-corrected chi connectivity index (χ1v) is 12.5. The van der Waals surface area contributed by atoms with Gasteiger partial charge in [-0.1, -0.05) is 36.9 Å². The topological polar surface area (TPSA) is 45.2 Å². The van der Waals surface area contributed by atoms with E-state index in [2.05, 4.69) is 41.1 Å². The molecule has 1 fully saturated rings. The minimum Gasteiger partial charge on any atom is -0.338 e. The molecule has 34 heavy (non-hydrogen) atoms. The number of hydrogen-bond acceptors (Lipinski definition) is 3. The van der Waals surface area contributed by atoms with E-state index >= 15 is 0 Å². The summed E-state index contributed by atoms with van der Waals surface area (Å²) in [5, 5.41) is 3.70. The van der Waals surface area contributed by atoms with Crippen molar-refractivity contribution in [2.45, 2.75) is 69.9 Å². The molecular formula is C28H35F2N3O. The zero-order valence-corrected chi connectivity index (χ0v) is 19.8. The number of hydrogen-bond donors (Lipinski definition) is 1. The molecule has 2 unspecified atom stereocenters. The number of allylic oxidation sites excluding steroid dienone is 1. The van der Waals surface area contributed by atoms with E-state index in [4.69, 9.17) is 0 Å². The average Bonchev–Trinajstić information content (AvgIpc) is 3.33. The van der Waals surface area contributed by atoms with E-state index in [1.165, 1.54) is 24.2 Å². The number of aryl methyl sites for hydroxylation is 1. The van der Waals surface area contributed by atoms with Crippen LogP contribution in [0.4, 0.5) is 8.78 Å². The van der Waals surface area contributed by atoms with Crippen LogP contribution in [0, 0.1) is 5.92 Å². The van der Waals surface area contributed by atoms with Crippen LogP contribution in [-0.2, 0) is 30.1 Å². The lowest BCUT2D eigenvalue weighted by Gasteiger charge is -2.29. The fourth-order valence-corrected chi connectivity index (χ4v) is 5.19. The highest BCUT2D eigenvalue weighted by atomic mass is 19.3. The zero-order valence-electron chi connectivity index (χ0n) is 19.8. The molecule has 1 saturated carbocycles. The highest BCUT2D eigenvalue weighted by molar-refractivity contribution is 5.76. The number of benzene rings is 1. The molecule has 1 aromatic carbocycles. The number of amides is 1. The summed E-state index contributed by atoms with van der Waals surface area (Å²) in [7, 11) is 0. The Morgan fingerprint density at radius 1 is 1.26 bits per heavy atom. The van der Waals surface area contributed by atoms with Gasteiger partial charge in [-0.3, -0.25) is 9.78 Å². The van der Waals surface area contributed by atoms with Gasteiger partial charge in [0.05, 0.1) is 0 Å². The Morgan fingerprint density at radius 2 is 2.09 bits per heavy atom. The highest BCUT2D eigenvalue weighted by Gasteiger charge is 2.31. The number of alkyl halides is 2. The third-order valence-electron chi connectivity index (χ3n) is 7.26. The first-order valence-electron chi connectivity index (χ1n) is 12.5. The minimum absolute atomic E-state index is 0.116. The molecule has 0 saturated heterocycles. The van der Waals surface area contributed by atoms with E-state index in [0.29, 0.717) is 44.0 Å². The Bertz CT molecular complexity index is 979. The summed E-state index contributed by atoms with van der Waals surface area (Å²) in [6.07, 6.45) is 9.59. The lowest BCUT2D eigenvalue weighted by molar-refractivity contribution is -0.132. The number of carbonyl (C=O) groups is 1. The van der Waals surface area contributed by atoms with Crippen LogP contribution in [0.1, 0.15) is 60.9 Å². The van der Waals surface area contributed by atoms with Gasteiger partial charge >= 0.3 is 0 Å². The predicted octanol–water partition coefficient (Wildman–Crippen LogP) is 5.42. The molecule has 2 atom stereocenters. The molecule has 2 aromatic rings. The van der Waals surface area contributed by atoms with Crippen molar-refractivity contribution in [3.63, 3.8) is 0 Å². The van der Waals surface area contributed by atoms with Crippen LogP contribution < -0.4 is 5.32 Å². The Balaban J connectivity index is 1.18. The Morgan fingerprint density at radius 3 is 2.88 bits per heavy atom.